The van der Waals surface area contributed by atoms with Gasteiger partial charge in [-0.05, 0) is 24.3 Å². The summed E-state index contributed by atoms with van der Waals surface area (Å²) in [6.45, 7) is 0. The topological polar surface area (TPSA) is 39.2 Å². The molecule has 0 aliphatic rings. The van der Waals surface area contributed by atoms with Gasteiger partial charge >= 0.3 is 0 Å². The maximum absolute atomic E-state index is 12.2. The van der Waals surface area contributed by atoms with E-state index in [1.807, 2.05) is 0 Å². The van der Waals surface area contributed by atoms with Gasteiger partial charge in [-0.15, -0.1) is 0 Å². The molecule has 0 saturated heterocycles. The molecule has 0 N–H and O–H groups in total. The number of benzene rings is 1. The summed E-state index contributed by atoms with van der Waals surface area (Å²) < 4.78 is 5.10. The monoisotopic (exact) mass is 247 g/mol. The van der Waals surface area contributed by atoms with Crippen molar-refractivity contribution in [2.45, 2.75) is 0 Å². The second kappa shape index (κ2) is 4.97. The highest BCUT2D eigenvalue weighted by Gasteiger charge is 2.15. The first-order chi connectivity index (χ1) is 8.22. The molecule has 0 aliphatic carbocycles. The number of rotatable bonds is 3. The number of aromatic nitrogens is 1. The predicted octanol–water partition coefficient (Wildman–Crippen LogP) is 2.97. The number of pyridine rings is 1. The third-order valence-corrected chi connectivity index (χ3v) is 2.53. The number of carbonyl (C=O) groups is 1. The highest BCUT2D eigenvalue weighted by atomic mass is 35.5. The van der Waals surface area contributed by atoms with E-state index < -0.39 is 0 Å². The number of halogens is 1. The standard InChI is InChI=1S/C13H10ClNO2/c1-17-11-6-3-7-15-12(11)13(16)9-4-2-5-10(14)8-9/h2-8H,1H3. The average molecular weight is 248 g/mol. The molecule has 2 aromatic rings. The first-order valence-corrected chi connectivity index (χ1v) is 5.39. The lowest BCUT2D eigenvalue weighted by molar-refractivity contribution is 0.103. The fourth-order valence-corrected chi connectivity index (χ4v) is 1.68. The lowest BCUT2D eigenvalue weighted by atomic mass is 10.1. The number of ketones is 1. The Labute approximate surface area is 104 Å². The van der Waals surface area contributed by atoms with E-state index >= 15 is 0 Å². The Hall–Kier alpha value is -1.87. The van der Waals surface area contributed by atoms with E-state index in [0.717, 1.165) is 0 Å². The van der Waals surface area contributed by atoms with Gasteiger partial charge in [-0.3, -0.25) is 4.79 Å². The van der Waals surface area contributed by atoms with Gasteiger partial charge in [0, 0.05) is 16.8 Å². The minimum absolute atomic E-state index is 0.204. The molecule has 0 aliphatic heterocycles. The van der Waals surface area contributed by atoms with E-state index in [1.54, 1.807) is 42.6 Å². The van der Waals surface area contributed by atoms with Crippen LogP contribution in [0.3, 0.4) is 0 Å². The van der Waals surface area contributed by atoms with Crippen LogP contribution in [0.4, 0.5) is 0 Å². The van der Waals surface area contributed by atoms with E-state index in [9.17, 15) is 4.79 Å². The molecule has 1 aromatic carbocycles. The number of hydrogen-bond donors (Lipinski definition) is 0. The van der Waals surface area contributed by atoms with Crippen molar-refractivity contribution in [3.05, 3.63) is 58.9 Å². The minimum Gasteiger partial charge on any atom is -0.494 e. The fraction of sp³-hybridized carbons (Fsp3) is 0.0769. The Kier molecular flexibility index (Phi) is 3.40. The summed E-state index contributed by atoms with van der Waals surface area (Å²) in [7, 11) is 1.51. The van der Waals surface area contributed by atoms with Crippen LogP contribution in [0.15, 0.2) is 42.6 Å². The molecule has 17 heavy (non-hydrogen) atoms. The Balaban J connectivity index is 2.44. The van der Waals surface area contributed by atoms with Crippen LogP contribution in [0.1, 0.15) is 16.1 Å². The van der Waals surface area contributed by atoms with Crippen molar-refractivity contribution in [2.24, 2.45) is 0 Å². The van der Waals surface area contributed by atoms with Crippen molar-refractivity contribution in [3.63, 3.8) is 0 Å². The van der Waals surface area contributed by atoms with Crippen molar-refractivity contribution in [2.75, 3.05) is 7.11 Å². The first-order valence-electron chi connectivity index (χ1n) is 5.01. The van der Waals surface area contributed by atoms with Gasteiger partial charge in [-0.1, -0.05) is 23.7 Å². The third-order valence-electron chi connectivity index (χ3n) is 2.29. The van der Waals surface area contributed by atoms with Crippen molar-refractivity contribution in [1.82, 2.24) is 4.98 Å². The minimum atomic E-state index is -0.204. The van der Waals surface area contributed by atoms with Crippen LogP contribution >= 0.6 is 11.6 Å². The molecule has 2 rings (SSSR count). The summed E-state index contributed by atoms with van der Waals surface area (Å²) >= 11 is 5.85. The molecule has 0 unspecified atom stereocenters. The van der Waals surface area contributed by atoms with Crippen molar-refractivity contribution in [3.8, 4) is 5.75 Å². The highest BCUT2D eigenvalue weighted by Crippen LogP contribution is 2.20. The zero-order valence-electron chi connectivity index (χ0n) is 9.18. The molecule has 0 radical (unpaired) electrons. The molecule has 0 amide bonds. The molecular weight excluding hydrogens is 238 g/mol. The summed E-state index contributed by atoms with van der Waals surface area (Å²) in [5, 5.41) is 0.519. The molecule has 0 fully saturated rings. The maximum atomic E-state index is 12.2. The normalized spacial score (nSPS) is 10.0. The molecule has 3 nitrogen and oxygen atoms in total. The van der Waals surface area contributed by atoms with Crippen LogP contribution in [0, 0.1) is 0 Å². The molecule has 0 spiro atoms. The lowest BCUT2D eigenvalue weighted by Gasteiger charge is -2.06. The molecule has 1 heterocycles. The molecule has 86 valence electrons. The van der Waals surface area contributed by atoms with Crippen LogP contribution in [0.5, 0.6) is 5.75 Å². The van der Waals surface area contributed by atoms with E-state index in [-0.39, 0.29) is 11.5 Å². The molecular formula is C13H10ClNO2. The van der Waals surface area contributed by atoms with Gasteiger partial charge in [0.25, 0.3) is 0 Å². The number of ether oxygens (including phenoxy) is 1. The molecule has 0 bridgehead atoms. The first kappa shape index (κ1) is 11.6. The van der Waals surface area contributed by atoms with Gasteiger partial charge in [0.2, 0.25) is 5.78 Å². The van der Waals surface area contributed by atoms with Crippen molar-refractivity contribution < 1.29 is 9.53 Å². The summed E-state index contributed by atoms with van der Waals surface area (Å²) in [6.07, 6.45) is 1.56. The summed E-state index contributed by atoms with van der Waals surface area (Å²) in [4.78, 5) is 16.2. The Morgan fingerprint density at radius 3 is 2.82 bits per heavy atom. The van der Waals surface area contributed by atoms with Crippen molar-refractivity contribution in [1.29, 1.82) is 0 Å². The van der Waals surface area contributed by atoms with E-state index in [1.165, 1.54) is 7.11 Å². The van der Waals surface area contributed by atoms with Gasteiger partial charge < -0.3 is 4.74 Å². The number of hydrogen-bond acceptors (Lipinski definition) is 3. The van der Waals surface area contributed by atoms with Gasteiger partial charge in [-0.25, -0.2) is 4.98 Å². The number of nitrogens with zero attached hydrogens (tertiary/aromatic N) is 1. The largest absolute Gasteiger partial charge is 0.494 e. The predicted molar refractivity (Wildman–Crippen MR) is 65.7 cm³/mol. The maximum Gasteiger partial charge on any atom is 0.215 e. The summed E-state index contributed by atoms with van der Waals surface area (Å²) in [5.41, 5.74) is 0.784. The number of methoxy groups -OCH3 is 1. The van der Waals surface area contributed by atoms with E-state index in [2.05, 4.69) is 4.98 Å². The number of carbonyl (C=O) groups excluding carboxylic acids is 1. The Morgan fingerprint density at radius 1 is 1.29 bits per heavy atom. The molecule has 0 saturated carbocycles. The van der Waals surface area contributed by atoms with Crippen LogP contribution in [-0.4, -0.2) is 17.9 Å². The van der Waals surface area contributed by atoms with Gasteiger partial charge in [0.15, 0.2) is 5.69 Å². The fourth-order valence-electron chi connectivity index (χ4n) is 1.49. The second-order valence-corrected chi connectivity index (χ2v) is 3.83. The van der Waals surface area contributed by atoms with Crippen LogP contribution in [0.25, 0.3) is 0 Å². The van der Waals surface area contributed by atoms with Crippen molar-refractivity contribution >= 4 is 17.4 Å². The van der Waals surface area contributed by atoms with Crippen LogP contribution in [-0.2, 0) is 0 Å². The van der Waals surface area contributed by atoms with Crippen LogP contribution in [0.2, 0.25) is 5.02 Å². The quantitative estimate of drug-likeness (QED) is 0.783. The molecule has 4 heteroatoms. The third kappa shape index (κ3) is 2.45. The molecule has 0 atom stereocenters. The van der Waals surface area contributed by atoms with E-state index in [0.29, 0.717) is 16.3 Å². The van der Waals surface area contributed by atoms with Gasteiger partial charge in [-0.2, -0.15) is 0 Å². The zero-order valence-corrected chi connectivity index (χ0v) is 9.94. The lowest BCUT2D eigenvalue weighted by Crippen LogP contribution is -2.06. The van der Waals surface area contributed by atoms with Gasteiger partial charge in [0.1, 0.15) is 5.75 Å². The average Bonchev–Trinajstić information content (AvgIpc) is 2.38. The SMILES string of the molecule is COc1cccnc1C(=O)c1cccc(Cl)c1. The summed E-state index contributed by atoms with van der Waals surface area (Å²) in [6, 6.07) is 10.2. The smallest absolute Gasteiger partial charge is 0.215 e. The Bertz CT molecular complexity index is 555. The molecule has 1 aromatic heterocycles. The van der Waals surface area contributed by atoms with Gasteiger partial charge in [0.05, 0.1) is 7.11 Å². The Morgan fingerprint density at radius 2 is 2.12 bits per heavy atom. The van der Waals surface area contributed by atoms with E-state index in [4.69, 9.17) is 16.3 Å². The zero-order chi connectivity index (χ0) is 12.3. The highest BCUT2D eigenvalue weighted by molar-refractivity contribution is 6.31. The summed E-state index contributed by atoms with van der Waals surface area (Å²) in [5.74, 6) is 0.252. The second-order valence-electron chi connectivity index (χ2n) is 3.39. The van der Waals surface area contributed by atoms with Crippen LogP contribution < -0.4 is 4.74 Å².